The summed E-state index contributed by atoms with van der Waals surface area (Å²) >= 11 is 1.45. The molecule has 9 nitrogen and oxygen atoms in total. The van der Waals surface area contributed by atoms with Gasteiger partial charge in [0.25, 0.3) is 17.7 Å². The molecule has 252 valence electrons. The average Bonchev–Trinajstić information content (AvgIpc) is 3.50. The molecule has 2 N–H and O–H groups in total. The van der Waals surface area contributed by atoms with Crippen molar-refractivity contribution in [3.8, 4) is 10.4 Å². The molecule has 0 atom stereocenters. The van der Waals surface area contributed by atoms with E-state index in [1.165, 1.54) is 11.3 Å². The molecule has 50 heavy (non-hydrogen) atoms. The lowest BCUT2D eigenvalue weighted by molar-refractivity contribution is -0.000510. The highest BCUT2D eigenvalue weighted by atomic mass is 32.1. The quantitative estimate of drug-likeness (QED) is 0.193. The first-order valence-corrected chi connectivity index (χ1v) is 17.8. The maximum Gasteiger partial charge on any atom is 0.265 e. The van der Waals surface area contributed by atoms with Crippen LogP contribution in [0.25, 0.3) is 10.4 Å². The molecule has 0 bridgehead atoms. The van der Waals surface area contributed by atoms with Crippen molar-refractivity contribution >= 4 is 51.9 Å². The van der Waals surface area contributed by atoms with Crippen molar-refractivity contribution in [1.29, 1.82) is 0 Å². The first-order chi connectivity index (χ1) is 24.4. The van der Waals surface area contributed by atoms with Crippen LogP contribution in [0.4, 0.5) is 22.9 Å². The Morgan fingerprint density at radius 2 is 1.62 bits per heavy atom. The van der Waals surface area contributed by atoms with E-state index in [1.807, 2.05) is 66.4 Å². The molecule has 3 aliphatic heterocycles. The van der Waals surface area contributed by atoms with E-state index in [0.29, 0.717) is 40.5 Å². The second-order valence-corrected chi connectivity index (χ2v) is 14.4. The number of aromatic nitrogens is 1. The topological polar surface area (TPSA) is 104 Å². The number of fused-ring (bicyclic) bond motifs is 3. The van der Waals surface area contributed by atoms with Gasteiger partial charge in [0, 0.05) is 71.8 Å². The predicted octanol–water partition coefficient (Wildman–Crippen LogP) is 7.44. The van der Waals surface area contributed by atoms with E-state index in [1.54, 1.807) is 42.6 Å². The van der Waals surface area contributed by atoms with Gasteiger partial charge >= 0.3 is 0 Å². The summed E-state index contributed by atoms with van der Waals surface area (Å²) in [5, 5.41) is 6.05. The molecule has 5 aromatic rings. The minimum absolute atomic E-state index is 0.127. The summed E-state index contributed by atoms with van der Waals surface area (Å²) in [7, 11) is 0. The maximum absolute atomic E-state index is 14.0. The van der Waals surface area contributed by atoms with Gasteiger partial charge in [0.1, 0.15) is 5.82 Å². The van der Waals surface area contributed by atoms with Gasteiger partial charge in [-0.3, -0.25) is 14.4 Å². The molecular weight excluding hydrogens is 647 g/mol. The number of benzene rings is 3. The highest BCUT2D eigenvalue weighted by molar-refractivity contribution is 7.17. The molecule has 2 fully saturated rings. The molecule has 1 spiro atoms. The maximum atomic E-state index is 14.0. The first-order valence-electron chi connectivity index (χ1n) is 17.0. The Kier molecular flexibility index (Phi) is 8.42. The smallest absolute Gasteiger partial charge is 0.265 e. The number of hydrogen-bond acceptors (Lipinski definition) is 7. The number of aryl methyl sites for hydroxylation is 1. The molecule has 0 aliphatic carbocycles. The molecule has 10 heteroatoms. The van der Waals surface area contributed by atoms with E-state index in [-0.39, 0.29) is 23.1 Å². The number of amides is 3. The lowest BCUT2D eigenvalue weighted by Crippen LogP contribution is -2.59. The minimum Gasteiger partial charge on any atom is -0.381 e. The van der Waals surface area contributed by atoms with Crippen LogP contribution in [0.15, 0.2) is 97.2 Å². The van der Waals surface area contributed by atoms with Gasteiger partial charge in [0.05, 0.1) is 16.1 Å². The third kappa shape index (κ3) is 6.05. The van der Waals surface area contributed by atoms with Crippen LogP contribution in [0.2, 0.25) is 0 Å². The zero-order valence-corrected chi connectivity index (χ0v) is 28.6. The summed E-state index contributed by atoms with van der Waals surface area (Å²) in [6, 6.07) is 28.2. The number of anilines is 4. The van der Waals surface area contributed by atoms with E-state index >= 15 is 0 Å². The number of hydrogen-bond donors (Lipinski definition) is 2. The number of ether oxygens (including phenoxy) is 1. The molecular formula is C40H37N5O4S. The Hall–Kier alpha value is -5.32. The van der Waals surface area contributed by atoms with Crippen LogP contribution in [0.5, 0.6) is 0 Å². The lowest BCUT2D eigenvalue weighted by Gasteiger charge is -2.53. The highest BCUT2D eigenvalue weighted by Gasteiger charge is 2.45. The Morgan fingerprint density at radius 1 is 0.860 bits per heavy atom. The van der Waals surface area contributed by atoms with Crippen LogP contribution >= 0.6 is 11.3 Å². The summed E-state index contributed by atoms with van der Waals surface area (Å²) in [6.07, 6.45) is 4.41. The Labute approximate surface area is 294 Å². The van der Waals surface area contributed by atoms with E-state index < -0.39 is 0 Å². The molecule has 3 aliphatic rings. The Morgan fingerprint density at radius 3 is 2.42 bits per heavy atom. The number of pyridine rings is 1. The third-order valence-electron chi connectivity index (χ3n) is 10.0. The Balaban J connectivity index is 0.966. The summed E-state index contributed by atoms with van der Waals surface area (Å²) in [5.41, 5.74) is 6.47. The predicted molar refractivity (Wildman–Crippen MR) is 198 cm³/mol. The summed E-state index contributed by atoms with van der Waals surface area (Å²) in [4.78, 5) is 50.9. The molecule has 3 amide bonds. The summed E-state index contributed by atoms with van der Waals surface area (Å²) in [5.74, 6) is 0.192. The van der Waals surface area contributed by atoms with E-state index in [4.69, 9.17) is 4.74 Å². The Bertz CT molecular complexity index is 2100. The second kappa shape index (κ2) is 13.2. The monoisotopic (exact) mass is 683 g/mol. The van der Waals surface area contributed by atoms with Gasteiger partial charge in [0.15, 0.2) is 0 Å². The van der Waals surface area contributed by atoms with Gasteiger partial charge in [-0.05, 0) is 91.9 Å². The third-order valence-corrected chi connectivity index (χ3v) is 11.3. The zero-order chi connectivity index (χ0) is 34.2. The molecule has 2 aromatic heterocycles. The number of carbonyl (C=O) groups excluding carboxylic acids is 3. The van der Waals surface area contributed by atoms with Crippen molar-refractivity contribution in [3.05, 3.63) is 124 Å². The number of carbonyl (C=O) groups is 3. The van der Waals surface area contributed by atoms with Gasteiger partial charge in [-0.25, -0.2) is 4.98 Å². The van der Waals surface area contributed by atoms with Gasteiger partial charge in [-0.1, -0.05) is 36.4 Å². The van der Waals surface area contributed by atoms with Crippen LogP contribution in [0.3, 0.4) is 0 Å². The number of para-hydroxylation sites is 2. The second-order valence-electron chi connectivity index (χ2n) is 13.3. The zero-order valence-electron chi connectivity index (χ0n) is 27.8. The lowest BCUT2D eigenvalue weighted by atomic mass is 9.73. The standard InChI is InChI=1S/C40H37N5O4S/c1-26-7-2-4-10-32(26)43-38(47)34-23-28-16-20-45(33-11-5-3-8-30(33)35(28)50-34)39(48)27-12-14-29(15-13-27)42-37(46)31-9-6-19-41-36(31)44-24-40(25-44)17-21-49-22-18-40/h2-15,19,23H,16-18,20-22,24-25H2,1H3,(H,42,46)(H,43,47). The SMILES string of the molecule is Cc1ccccc1NC(=O)c1cc2c(s1)-c1ccccc1N(C(=O)c1ccc(NC(=O)c3cccnc3N3CC4(CCOCC4)C3)cc1)CC2. The molecule has 5 heterocycles. The van der Waals surface area contributed by atoms with Crippen molar-refractivity contribution < 1.29 is 19.1 Å². The van der Waals surface area contributed by atoms with Gasteiger partial charge in [0.2, 0.25) is 0 Å². The van der Waals surface area contributed by atoms with E-state index in [2.05, 4.69) is 20.5 Å². The first kappa shape index (κ1) is 31.9. The van der Waals surface area contributed by atoms with E-state index in [9.17, 15) is 14.4 Å². The molecule has 0 unspecified atom stereocenters. The fourth-order valence-corrected chi connectivity index (χ4v) is 8.37. The van der Waals surface area contributed by atoms with Crippen molar-refractivity contribution in [1.82, 2.24) is 4.98 Å². The van der Waals surface area contributed by atoms with Crippen molar-refractivity contribution in [3.63, 3.8) is 0 Å². The van der Waals surface area contributed by atoms with Gasteiger partial charge in [-0.2, -0.15) is 0 Å². The molecule has 3 aromatic carbocycles. The van der Waals surface area contributed by atoms with Crippen LogP contribution < -0.4 is 20.4 Å². The van der Waals surface area contributed by atoms with Crippen LogP contribution in [-0.4, -0.2) is 55.6 Å². The highest BCUT2D eigenvalue weighted by Crippen LogP contribution is 2.43. The van der Waals surface area contributed by atoms with Crippen molar-refractivity contribution in [2.24, 2.45) is 5.41 Å². The normalized spacial score (nSPS) is 16.1. The average molecular weight is 684 g/mol. The van der Waals surface area contributed by atoms with Crippen LogP contribution in [0.1, 0.15) is 54.4 Å². The largest absolute Gasteiger partial charge is 0.381 e. The summed E-state index contributed by atoms with van der Waals surface area (Å²) < 4.78 is 5.55. The molecule has 2 saturated heterocycles. The number of thiophene rings is 1. The minimum atomic E-state index is -0.236. The fourth-order valence-electron chi connectivity index (χ4n) is 7.23. The number of rotatable bonds is 6. The fraction of sp³-hybridized carbons (Fsp3) is 0.250. The van der Waals surface area contributed by atoms with Crippen molar-refractivity contribution in [2.75, 3.05) is 53.3 Å². The molecule has 8 rings (SSSR count). The number of nitrogens with one attached hydrogen (secondary N) is 2. The number of nitrogens with zero attached hydrogens (tertiary/aromatic N) is 3. The van der Waals surface area contributed by atoms with E-state index in [0.717, 1.165) is 72.1 Å². The van der Waals surface area contributed by atoms with Gasteiger partial charge < -0.3 is 25.2 Å². The molecule has 0 saturated carbocycles. The van der Waals surface area contributed by atoms with Crippen molar-refractivity contribution in [2.45, 2.75) is 26.2 Å². The van der Waals surface area contributed by atoms with Gasteiger partial charge in [-0.15, -0.1) is 11.3 Å². The van der Waals surface area contributed by atoms with Crippen LogP contribution in [0, 0.1) is 12.3 Å². The molecule has 0 radical (unpaired) electrons. The van der Waals surface area contributed by atoms with Crippen LogP contribution in [-0.2, 0) is 11.2 Å². The summed E-state index contributed by atoms with van der Waals surface area (Å²) in [6.45, 7) is 5.77.